The van der Waals surface area contributed by atoms with Gasteiger partial charge in [-0.25, -0.2) is 9.97 Å². The van der Waals surface area contributed by atoms with Crippen molar-refractivity contribution >= 4 is 76.1 Å². The first kappa shape index (κ1) is 38.2. The Morgan fingerprint density at radius 2 is 0.765 bits per heavy atom. The summed E-state index contributed by atoms with van der Waals surface area (Å²) in [5, 5.41) is 12.0. The van der Waals surface area contributed by atoms with Gasteiger partial charge in [0.2, 0.25) is 0 Å². The molecule has 316 valence electrons. The Morgan fingerprint density at radius 3 is 1.50 bits per heavy atom. The average Bonchev–Trinajstić information content (AvgIpc) is 3.96. The van der Waals surface area contributed by atoms with E-state index in [1.807, 2.05) is 18.2 Å². The molecule has 68 heavy (non-hydrogen) atoms. The summed E-state index contributed by atoms with van der Waals surface area (Å²) in [7, 11) is 0. The standard InChI is InChI=1S/C64H39N3O/c1-3-15-40(16-4-1)43-28-31-54-53-23-11-13-25-60(53)67(61(54)38-43)47-34-45(42-27-30-52-50-21-8-7-19-48(50)49-20-9-10-22-51(49)56(52)36-42)33-46(35-47)64-65-58(41-17-5-2-6-18-41)39-59(66-64)44-29-32-63-57(37-44)55-24-12-14-26-62(55)68-63/h1-39H. The first-order valence-corrected chi connectivity index (χ1v) is 23.1. The fraction of sp³-hybridized carbons (Fsp3) is 0. The van der Waals surface area contributed by atoms with Crippen molar-refractivity contribution in [3.8, 4) is 61.8 Å². The van der Waals surface area contributed by atoms with Gasteiger partial charge in [-0.3, -0.25) is 0 Å². The molecule has 14 aromatic rings. The number of hydrogen-bond acceptors (Lipinski definition) is 3. The monoisotopic (exact) mass is 865 g/mol. The van der Waals surface area contributed by atoms with E-state index in [0.29, 0.717) is 5.82 Å². The molecule has 4 nitrogen and oxygen atoms in total. The zero-order valence-corrected chi connectivity index (χ0v) is 36.8. The molecule has 3 heterocycles. The SMILES string of the molecule is c1ccc(-c2ccc3c4ccccc4n(-c4cc(-c5ccc6c7ccccc7c7ccccc7c6c5)cc(-c5nc(-c6ccccc6)cc(-c6ccc7oc8ccccc8c7c6)n5)c4)c3c2)cc1. The lowest BCUT2D eigenvalue weighted by molar-refractivity contribution is 0.669. The van der Waals surface area contributed by atoms with E-state index in [2.05, 4.69) is 223 Å². The largest absolute Gasteiger partial charge is 0.456 e. The molecule has 4 heteroatoms. The minimum atomic E-state index is 0.643. The summed E-state index contributed by atoms with van der Waals surface area (Å²) in [6.45, 7) is 0. The highest BCUT2D eigenvalue weighted by atomic mass is 16.3. The van der Waals surface area contributed by atoms with Crippen molar-refractivity contribution < 1.29 is 4.42 Å². The number of rotatable bonds is 6. The van der Waals surface area contributed by atoms with Crippen molar-refractivity contribution in [2.75, 3.05) is 0 Å². The molecular formula is C64H39N3O. The molecule has 0 saturated heterocycles. The number of furan rings is 1. The van der Waals surface area contributed by atoms with Gasteiger partial charge in [0.05, 0.1) is 22.4 Å². The second-order valence-corrected chi connectivity index (χ2v) is 17.7. The third kappa shape index (κ3) is 6.15. The number of aromatic nitrogens is 3. The maximum atomic E-state index is 6.26. The molecule has 11 aromatic carbocycles. The van der Waals surface area contributed by atoms with E-state index in [1.165, 1.54) is 48.7 Å². The summed E-state index contributed by atoms with van der Waals surface area (Å²) in [5.74, 6) is 0.643. The Balaban J connectivity index is 1.05. The molecule has 0 aliphatic carbocycles. The van der Waals surface area contributed by atoms with Crippen LogP contribution in [0.2, 0.25) is 0 Å². The maximum absolute atomic E-state index is 6.26. The van der Waals surface area contributed by atoms with E-state index >= 15 is 0 Å². The molecular weight excluding hydrogens is 827 g/mol. The van der Waals surface area contributed by atoms with Gasteiger partial charge in [0.25, 0.3) is 0 Å². The quantitative estimate of drug-likeness (QED) is 0.156. The topological polar surface area (TPSA) is 43.9 Å². The molecule has 0 N–H and O–H groups in total. The molecule has 0 bridgehead atoms. The Bertz CT molecular complexity index is 4280. The van der Waals surface area contributed by atoms with Gasteiger partial charge in [0.15, 0.2) is 5.82 Å². The third-order valence-electron chi connectivity index (χ3n) is 13.8. The molecule has 0 aliphatic rings. The van der Waals surface area contributed by atoms with Crippen LogP contribution >= 0.6 is 0 Å². The molecule has 0 amide bonds. The van der Waals surface area contributed by atoms with Crippen molar-refractivity contribution in [1.82, 2.24) is 14.5 Å². The summed E-state index contributed by atoms with van der Waals surface area (Å²) < 4.78 is 8.69. The second kappa shape index (κ2) is 15.2. The van der Waals surface area contributed by atoms with E-state index in [1.54, 1.807) is 0 Å². The van der Waals surface area contributed by atoms with Crippen LogP contribution in [0.1, 0.15) is 0 Å². The smallest absolute Gasteiger partial charge is 0.160 e. The summed E-state index contributed by atoms with van der Waals surface area (Å²) in [4.78, 5) is 10.9. The summed E-state index contributed by atoms with van der Waals surface area (Å²) in [5.41, 5.74) is 14.2. The zero-order valence-electron chi connectivity index (χ0n) is 36.8. The van der Waals surface area contributed by atoms with Gasteiger partial charge in [-0.15, -0.1) is 0 Å². The molecule has 0 spiro atoms. The van der Waals surface area contributed by atoms with Crippen molar-refractivity contribution in [2.45, 2.75) is 0 Å². The molecule has 0 aliphatic heterocycles. The minimum absolute atomic E-state index is 0.643. The third-order valence-corrected chi connectivity index (χ3v) is 13.8. The molecule has 0 unspecified atom stereocenters. The van der Waals surface area contributed by atoms with Crippen molar-refractivity contribution in [3.05, 3.63) is 237 Å². The number of benzene rings is 11. The van der Waals surface area contributed by atoms with E-state index in [4.69, 9.17) is 14.4 Å². The van der Waals surface area contributed by atoms with Gasteiger partial charge in [-0.05, 0) is 121 Å². The molecule has 0 atom stereocenters. The Kier molecular flexibility index (Phi) is 8.55. The summed E-state index contributed by atoms with van der Waals surface area (Å²) >= 11 is 0. The highest BCUT2D eigenvalue weighted by Gasteiger charge is 2.19. The van der Waals surface area contributed by atoms with Crippen molar-refractivity contribution in [2.24, 2.45) is 0 Å². The van der Waals surface area contributed by atoms with Crippen molar-refractivity contribution in [1.29, 1.82) is 0 Å². The number of nitrogens with zero attached hydrogens (tertiary/aromatic N) is 3. The lowest BCUT2D eigenvalue weighted by atomic mass is 9.91. The van der Waals surface area contributed by atoms with E-state index in [9.17, 15) is 0 Å². The van der Waals surface area contributed by atoms with E-state index < -0.39 is 0 Å². The summed E-state index contributed by atoms with van der Waals surface area (Å²) in [6.07, 6.45) is 0. The lowest BCUT2D eigenvalue weighted by Crippen LogP contribution is -1.99. The van der Waals surface area contributed by atoms with Crippen LogP contribution < -0.4 is 0 Å². The van der Waals surface area contributed by atoms with Crippen LogP contribution in [0.3, 0.4) is 0 Å². The predicted octanol–water partition coefficient (Wildman–Crippen LogP) is 17.3. The van der Waals surface area contributed by atoms with Gasteiger partial charge < -0.3 is 8.98 Å². The van der Waals surface area contributed by atoms with E-state index in [0.717, 1.165) is 83.4 Å². The number of hydrogen-bond donors (Lipinski definition) is 0. The molecule has 14 rings (SSSR count). The summed E-state index contributed by atoms with van der Waals surface area (Å²) in [6, 6.07) is 84.8. The van der Waals surface area contributed by atoms with Crippen LogP contribution in [0, 0.1) is 0 Å². The van der Waals surface area contributed by atoms with Crippen LogP contribution in [0.25, 0.3) is 138 Å². The number of para-hydroxylation sites is 2. The normalized spacial score (nSPS) is 11.8. The Morgan fingerprint density at radius 1 is 0.265 bits per heavy atom. The van der Waals surface area contributed by atoms with Gasteiger partial charge in [0, 0.05) is 43.9 Å². The number of fused-ring (bicyclic) bond motifs is 12. The fourth-order valence-electron chi connectivity index (χ4n) is 10.5. The predicted molar refractivity (Wildman–Crippen MR) is 283 cm³/mol. The Hall–Kier alpha value is -9.12. The highest BCUT2D eigenvalue weighted by Crippen LogP contribution is 2.41. The first-order chi connectivity index (χ1) is 33.7. The van der Waals surface area contributed by atoms with Crippen LogP contribution in [0.4, 0.5) is 0 Å². The first-order valence-electron chi connectivity index (χ1n) is 23.1. The molecule has 0 fully saturated rings. The Labute approximate surface area is 391 Å². The second-order valence-electron chi connectivity index (χ2n) is 17.7. The molecule has 3 aromatic heterocycles. The van der Waals surface area contributed by atoms with Crippen LogP contribution in [0.5, 0.6) is 0 Å². The zero-order chi connectivity index (χ0) is 44.7. The van der Waals surface area contributed by atoms with Crippen molar-refractivity contribution in [3.63, 3.8) is 0 Å². The molecule has 0 saturated carbocycles. The van der Waals surface area contributed by atoms with Crippen LogP contribution in [-0.2, 0) is 0 Å². The lowest BCUT2D eigenvalue weighted by Gasteiger charge is -2.16. The van der Waals surface area contributed by atoms with Crippen LogP contribution in [0.15, 0.2) is 241 Å². The van der Waals surface area contributed by atoms with Gasteiger partial charge in [-0.2, -0.15) is 0 Å². The fourth-order valence-corrected chi connectivity index (χ4v) is 10.5. The van der Waals surface area contributed by atoms with Gasteiger partial charge in [-0.1, -0.05) is 170 Å². The maximum Gasteiger partial charge on any atom is 0.160 e. The minimum Gasteiger partial charge on any atom is -0.456 e. The average molecular weight is 866 g/mol. The van der Waals surface area contributed by atoms with E-state index in [-0.39, 0.29) is 0 Å². The van der Waals surface area contributed by atoms with Crippen LogP contribution in [-0.4, -0.2) is 14.5 Å². The van der Waals surface area contributed by atoms with Gasteiger partial charge >= 0.3 is 0 Å². The van der Waals surface area contributed by atoms with Gasteiger partial charge in [0.1, 0.15) is 11.2 Å². The highest BCUT2D eigenvalue weighted by molar-refractivity contribution is 6.25. The molecule has 0 radical (unpaired) electrons.